The zero-order valence-corrected chi connectivity index (χ0v) is 35.3. The molecule has 2 heterocycles. The molecule has 0 atom stereocenters. The van der Waals surface area contributed by atoms with E-state index in [1.807, 2.05) is 78.9 Å². The van der Waals surface area contributed by atoms with Gasteiger partial charge in [0.1, 0.15) is 22.1 Å². The normalized spacial score (nSPS) is 11.3. The van der Waals surface area contributed by atoms with Crippen LogP contribution in [0.4, 0.5) is 34.1 Å². The monoisotopic (exact) mass is 828 g/mol. The summed E-state index contributed by atoms with van der Waals surface area (Å²) in [7, 11) is 0. The van der Waals surface area contributed by atoms with Gasteiger partial charge in [-0.2, -0.15) is 9.59 Å². The number of allylic oxidation sites excluding steroid dienone is 4. The van der Waals surface area contributed by atoms with Gasteiger partial charge in [-0.25, -0.2) is 0 Å². The third-order valence-corrected chi connectivity index (χ3v) is 11.1. The number of para-hydroxylation sites is 1. The summed E-state index contributed by atoms with van der Waals surface area (Å²) in [4.78, 5) is 7.69. The lowest BCUT2D eigenvalue weighted by Crippen LogP contribution is -2.10. The van der Waals surface area contributed by atoms with Gasteiger partial charge in [0, 0.05) is 34.1 Å². The van der Waals surface area contributed by atoms with Gasteiger partial charge in [0.25, 0.3) is 0 Å². The molecule has 8 heteroatoms. The molecule has 0 fully saturated rings. The lowest BCUT2D eigenvalue weighted by molar-refractivity contribution is 0.766. The van der Waals surface area contributed by atoms with Crippen molar-refractivity contribution in [1.82, 2.24) is 30.0 Å². The first kappa shape index (κ1) is 40.5. The van der Waals surface area contributed by atoms with Crippen molar-refractivity contribution in [3.8, 4) is 16.8 Å². The molecule has 0 amide bonds. The first-order valence-corrected chi connectivity index (χ1v) is 20.8. The summed E-state index contributed by atoms with van der Waals surface area (Å²) in [5.74, 6) is 0. The van der Waals surface area contributed by atoms with Crippen molar-refractivity contribution in [2.24, 2.45) is 0 Å². The predicted molar refractivity (Wildman–Crippen MR) is 270 cm³/mol. The Kier molecular flexibility index (Phi) is 11.2. The average molecular weight is 829 g/mol. The molecule has 0 spiro atoms. The molecule has 0 aliphatic carbocycles. The third kappa shape index (κ3) is 7.79. The molecular formula is C56H44N8. The highest BCUT2D eigenvalue weighted by atomic mass is 15.5. The van der Waals surface area contributed by atoms with Crippen molar-refractivity contribution >= 4 is 86.2 Å². The van der Waals surface area contributed by atoms with E-state index >= 15 is 0 Å². The molecule has 0 unspecified atom stereocenters. The Morgan fingerprint density at radius 1 is 0.406 bits per heavy atom. The summed E-state index contributed by atoms with van der Waals surface area (Å²) in [6.07, 6.45) is 12.6. The largest absolute Gasteiger partial charge is 0.310 e. The van der Waals surface area contributed by atoms with Gasteiger partial charge in [0.05, 0.1) is 11.4 Å². The number of anilines is 6. The van der Waals surface area contributed by atoms with Crippen LogP contribution in [-0.2, 0) is 0 Å². The number of rotatable bonds is 15. The summed E-state index contributed by atoms with van der Waals surface area (Å²) in [6.45, 7) is 23.9. The van der Waals surface area contributed by atoms with Crippen molar-refractivity contribution in [2.75, 3.05) is 9.80 Å². The van der Waals surface area contributed by atoms with Gasteiger partial charge in [0.15, 0.2) is 0 Å². The SMILES string of the molecule is C=C/C=C(\C=C)n1nc2ccc(N(c3ccc(-c4ccc(N(c5ccc(C=C)c(C=C)c5)c5ccc6nn(-c7ccccc7)nc6c5)cc4)cc3)c3ccc(C=C)c(C=C)c3)cc2n1. The van der Waals surface area contributed by atoms with E-state index in [9.17, 15) is 0 Å². The first-order chi connectivity index (χ1) is 31.4. The lowest BCUT2D eigenvalue weighted by atomic mass is 10.0. The number of nitrogens with zero attached hydrogens (tertiary/aromatic N) is 8. The molecule has 64 heavy (non-hydrogen) atoms. The van der Waals surface area contributed by atoms with E-state index in [1.54, 1.807) is 21.7 Å². The van der Waals surface area contributed by atoms with E-state index < -0.39 is 0 Å². The van der Waals surface area contributed by atoms with Crippen molar-refractivity contribution in [1.29, 1.82) is 0 Å². The van der Waals surface area contributed by atoms with Gasteiger partial charge in [-0.05, 0) is 143 Å². The molecule has 9 rings (SSSR count). The van der Waals surface area contributed by atoms with Crippen LogP contribution >= 0.6 is 0 Å². The first-order valence-electron chi connectivity index (χ1n) is 20.8. The van der Waals surface area contributed by atoms with Gasteiger partial charge < -0.3 is 9.80 Å². The minimum atomic E-state index is 0.728. The maximum absolute atomic E-state index is 4.86. The molecule has 9 aromatic rings. The molecular weight excluding hydrogens is 785 g/mol. The number of hydrogen-bond donors (Lipinski definition) is 0. The molecule has 0 aliphatic heterocycles. The minimum absolute atomic E-state index is 0.728. The number of hydrogen-bond acceptors (Lipinski definition) is 6. The van der Waals surface area contributed by atoms with Crippen LogP contribution in [0.5, 0.6) is 0 Å². The smallest absolute Gasteiger partial charge is 0.115 e. The summed E-state index contributed by atoms with van der Waals surface area (Å²) >= 11 is 0. The zero-order chi connectivity index (χ0) is 44.2. The Balaban J connectivity index is 1.08. The van der Waals surface area contributed by atoms with E-state index in [4.69, 9.17) is 20.4 Å². The third-order valence-electron chi connectivity index (χ3n) is 11.1. The second kappa shape index (κ2) is 17.6. The van der Waals surface area contributed by atoms with Crippen LogP contribution in [0.2, 0.25) is 0 Å². The van der Waals surface area contributed by atoms with Crippen LogP contribution in [0.15, 0.2) is 209 Å². The number of fused-ring (bicyclic) bond motifs is 2. The lowest BCUT2D eigenvalue weighted by Gasteiger charge is -2.27. The molecule has 0 saturated carbocycles. The molecule has 0 bridgehead atoms. The zero-order valence-electron chi connectivity index (χ0n) is 35.3. The van der Waals surface area contributed by atoms with E-state index in [-0.39, 0.29) is 0 Å². The summed E-state index contributed by atoms with van der Waals surface area (Å²) in [5, 5.41) is 19.1. The van der Waals surface area contributed by atoms with Crippen molar-refractivity contribution in [2.45, 2.75) is 0 Å². The summed E-state index contributed by atoms with van der Waals surface area (Å²) in [5.41, 5.74) is 16.6. The van der Waals surface area contributed by atoms with Gasteiger partial charge in [-0.1, -0.05) is 124 Å². The fraction of sp³-hybridized carbons (Fsp3) is 0. The molecule has 0 saturated heterocycles. The molecule has 308 valence electrons. The molecule has 0 aliphatic rings. The fourth-order valence-electron chi connectivity index (χ4n) is 7.84. The predicted octanol–water partition coefficient (Wildman–Crippen LogP) is 14.6. The number of aromatic nitrogens is 6. The summed E-state index contributed by atoms with van der Waals surface area (Å²) < 4.78 is 0. The number of benzene rings is 7. The quantitative estimate of drug-likeness (QED) is 0.0959. The van der Waals surface area contributed by atoms with Crippen molar-refractivity contribution in [3.63, 3.8) is 0 Å². The van der Waals surface area contributed by atoms with Gasteiger partial charge in [0.2, 0.25) is 0 Å². The average Bonchev–Trinajstić information content (AvgIpc) is 3.98. The van der Waals surface area contributed by atoms with E-state index in [1.165, 1.54) is 0 Å². The Labute approximate surface area is 373 Å². The minimum Gasteiger partial charge on any atom is -0.310 e. The van der Waals surface area contributed by atoms with Crippen molar-refractivity contribution in [3.05, 3.63) is 232 Å². The van der Waals surface area contributed by atoms with Gasteiger partial charge in [-0.3, -0.25) is 0 Å². The molecule has 8 nitrogen and oxygen atoms in total. The summed E-state index contributed by atoms with van der Waals surface area (Å²) in [6, 6.07) is 52.0. The Bertz CT molecular complexity index is 3280. The highest BCUT2D eigenvalue weighted by Gasteiger charge is 2.19. The van der Waals surface area contributed by atoms with Crippen LogP contribution in [0.25, 0.3) is 68.9 Å². The van der Waals surface area contributed by atoms with Gasteiger partial charge in [-0.15, -0.1) is 20.4 Å². The van der Waals surface area contributed by atoms with Crippen LogP contribution in [0.1, 0.15) is 22.3 Å². The maximum Gasteiger partial charge on any atom is 0.115 e. The Hall–Kier alpha value is -8.88. The van der Waals surface area contributed by atoms with E-state index in [2.05, 4.69) is 152 Å². The highest BCUT2D eigenvalue weighted by Crippen LogP contribution is 2.40. The van der Waals surface area contributed by atoms with Crippen LogP contribution < -0.4 is 9.80 Å². The second-order valence-corrected chi connectivity index (χ2v) is 14.9. The maximum atomic E-state index is 4.86. The van der Waals surface area contributed by atoms with E-state index in [0.717, 1.165) is 101 Å². The van der Waals surface area contributed by atoms with Gasteiger partial charge >= 0.3 is 0 Å². The fourth-order valence-corrected chi connectivity index (χ4v) is 7.84. The Morgan fingerprint density at radius 2 is 0.828 bits per heavy atom. The van der Waals surface area contributed by atoms with E-state index in [0.29, 0.717) is 0 Å². The molecule has 0 radical (unpaired) electrons. The van der Waals surface area contributed by atoms with Crippen LogP contribution in [0, 0.1) is 0 Å². The molecule has 7 aromatic carbocycles. The standard InChI is InChI=1S/C56H44N8/c1-7-16-45(12-6)63-57-53-33-31-51(37-55(53)59-63)61(49-29-19-39(8-2)41(10-4)35-49)46-25-21-43(22-26-46)44-23-27-47(28-24-44)62(50-30-20-40(9-3)42(11-5)36-50)52-32-34-54-56(38-52)60-64(58-54)48-17-14-13-15-18-48/h7-38H,1-6H2/b45-16+. The topological polar surface area (TPSA) is 67.9 Å². The molecule has 2 aromatic heterocycles. The van der Waals surface area contributed by atoms with Crippen molar-refractivity contribution < 1.29 is 0 Å². The highest BCUT2D eigenvalue weighted by molar-refractivity contribution is 5.89. The van der Waals surface area contributed by atoms with Crippen LogP contribution in [0.3, 0.4) is 0 Å². The second-order valence-electron chi connectivity index (χ2n) is 14.9. The Morgan fingerprint density at radius 3 is 1.31 bits per heavy atom. The van der Waals surface area contributed by atoms with Crippen LogP contribution in [-0.4, -0.2) is 30.0 Å². The molecule has 0 N–H and O–H groups in total.